The summed E-state index contributed by atoms with van der Waals surface area (Å²) in [7, 11) is 0. The van der Waals surface area contributed by atoms with Crippen molar-refractivity contribution in [2.24, 2.45) is 17.8 Å². The normalized spacial score (nSPS) is 20.1. The maximum Gasteiger partial charge on any atom is 0.306 e. The van der Waals surface area contributed by atoms with Crippen LogP contribution in [-0.2, 0) is 19.1 Å². The maximum absolute atomic E-state index is 12.3. The van der Waals surface area contributed by atoms with Crippen molar-refractivity contribution in [1.29, 1.82) is 0 Å². The second-order valence-electron chi connectivity index (χ2n) is 17.4. The van der Waals surface area contributed by atoms with Crippen molar-refractivity contribution in [2.75, 3.05) is 13.2 Å². The second-order valence-corrected chi connectivity index (χ2v) is 17.4. The van der Waals surface area contributed by atoms with Crippen molar-refractivity contribution in [1.82, 2.24) is 0 Å². The number of aliphatic hydroxyl groups is 4. The smallest absolute Gasteiger partial charge is 0.306 e. The highest BCUT2D eigenvalue weighted by Crippen LogP contribution is 2.37. The van der Waals surface area contributed by atoms with Gasteiger partial charge in [0.25, 0.3) is 0 Å². The van der Waals surface area contributed by atoms with Crippen molar-refractivity contribution in [3.8, 4) is 0 Å². The van der Waals surface area contributed by atoms with Gasteiger partial charge in [0.15, 0.2) is 6.10 Å². The number of rotatable bonds is 39. The van der Waals surface area contributed by atoms with E-state index in [0.29, 0.717) is 25.7 Å². The van der Waals surface area contributed by atoms with Gasteiger partial charge in [-0.25, -0.2) is 0 Å². The standard InChI is InChI=1S/C48H90O8/c1-4-6-25-31-41(50)35-36-44-43(45(51)37-46(44)52)32-27-23-24-29-34-48(54)56-42(38-49)39-55-47(53)33-28-22-20-18-16-14-12-10-8-7-9-11-13-15-17-19-21-26-30-40(3)5-2/h35-36,40-46,49-52H,4-34,37-39H2,1-3H3/b36-35+/t40?,41-,42-,43+,44+,45-,46+/m0/s1. The first-order valence-corrected chi connectivity index (χ1v) is 23.9. The van der Waals surface area contributed by atoms with Crippen molar-refractivity contribution in [3.63, 3.8) is 0 Å². The molecule has 0 aromatic heterocycles. The first kappa shape index (κ1) is 52.5. The van der Waals surface area contributed by atoms with Gasteiger partial charge < -0.3 is 29.9 Å². The molecule has 1 unspecified atom stereocenters. The topological polar surface area (TPSA) is 134 Å². The highest BCUT2D eigenvalue weighted by atomic mass is 16.6. The number of carbonyl (C=O) groups excluding carboxylic acids is 2. The summed E-state index contributed by atoms with van der Waals surface area (Å²) in [5, 5.41) is 40.9. The van der Waals surface area contributed by atoms with Crippen LogP contribution in [0.1, 0.15) is 226 Å². The first-order valence-electron chi connectivity index (χ1n) is 23.9. The van der Waals surface area contributed by atoms with Crippen molar-refractivity contribution in [2.45, 2.75) is 251 Å². The third-order valence-electron chi connectivity index (χ3n) is 12.2. The van der Waals surface area contributed by atoms with Crippen LogP contribution in [0.25, 0.3) is 0 Å². The minimum atomic E-state index is -0.846. The summed E-state index contributed by atoms with van der Waals surface area (Å²) in [5.41, 5.74) is 0. The molecule has 7 atom stereocenters. The van der Waals surface area contributed by atoms with E-state index < -0.39 is 30.4 Å². The lowest BCUT2D eigenvalue weighted by Gasteiger charge is -2.21. The Kier molecular flexibility index (Phi) is 34.3. The van der Waals surface area contributed by atoms with Gasteiger partial charge in [0.2, 0.25) is 0 Å². The molecular weight excluding hydrogens is 705 g/mol. The van der Waals surface area contributed by atoms with E-state index in [4.69, 9.17) is 9.47 Å². The fourth-order valence-corrected chi connectivity index (χ4v) is 8.16. The summed E-state index contributed by atoms with van der Waals surface area (Å²) >= 11 is 0. The Balaban J connectivity index is 1.98. The molecule has 0 aromatic carbocycles. The zero-order chi connectivity index (χ0) is 41.1. The molecule has 0 saturated heterocycles. The number of ether oxygens (including phenoxy) is 2. The second kappa shape index (κ2) is 36.6. The molecule has 1 fully saturated rings. The van der Waals surface area contributed by atoms with Gasteiger partial charge in [-0.05, 0) is 37.5 Å². The predicted molar refractivity (Wildman–Crippen MR) is 230 cm³/mol. The summed E-state index contributed by atoms with van der Waals surface area (Å²) < 4.78 is 10.6. The highest BCUT2D eigenvalue weighted by molar-refractivity contribution is 5.70. The maximum atomic E-state index is 12.3. The van der Waals surface area contributed by atoms with Gasteiger partial charge in [-0.15, -0.1) is 0 Å². The molecule has 8 heteroatoms. The zero-order valence-corrected chi connectivity index (χ0v) is 36.7. The molecule has 1 rings (SSSR count). The van der Waals surface area contributed by atoms with Crippen LogP contribution in [0, 0.1) is 17.8 Å². The Bertz CT molecular complexity index is 940. The zero-order valence-electron chi connectivity index (χ0n) is 36.7. The highest BCUT2D eigenvalue weighted by Gasteiger charge is 2.39. The molecule has 1 aliphatic rings. The predicted octanol–water partition coefficient (Wildman–Crippen LogP) is 11.5. The van der Waals surface area contributed by atoms with Gasteiger partial charge in [0, 0.05) is 25.2 Å². The summed E-state index contributed by atoms with van der Waals surface area (Å²) in [6.07, 6.45) is 36.3. The van der Waals surface area contributed by atoms with Crippen LogP contribution in [0.5, 0.6) is 0 Å². The molecule has 0 spiro atoms. The monoisotopic (exact) mass is 795 g/mol. The molecule has 0 radical (unpaired) electrons. The number of hydrogen-bond acceptors (Lipinski definition) is 8. The van der Waals surface area contributed by atoms with Crippen molar-refractivity contribution < 1.29 is 39.5 Å². The fraction of sp³-hybridized carbons (Fsp3) is 0.917. The van der Waals surface area contributed by atoms with E-state index in [9.17, 15) is 30.0 Å². The third-order valence-corrected chi connectivity index (χ3v) is 12.2. The average Bonchev–Trinajstić information content (AvgIpc) is 3.46. The Labute approximate surface area is 344 Å². The van der Waals surface area contributed by atoms with E-state index in [-0.39, 0.29) is 37.4 Å². The van der Waals surface area contributed by atoms with Crippen LogP contribution >= 0.6 is 0 Å². The largest absolute Gasteiger partial charge is 0.462 e. The SMILES string of the molecule is CCCCC[C@H](O)/C=C/[C@@H]1[C@@H](CCCCCCC(=O)O[C@@H](CO)COC(=O)CCCCCCCCCCCCCCCCCCCCC(C)CC)[C@@H](O)C[C@H]1O. The molecule has 1 aliphatic carbocycles. The average molecular weight is 795 g/mol. The first-order chi connectivity index (χ1) is 27.2. The van der Waals surface area contributed by atoms with E-state index in [1.165, 1.54) is 109 Å². The van der Waals surface area contributed by atoms with Gasteiger partial charge in [-0.2, -0.15) is 0 Å². The van der Waals surface area contributed by atoms with Crippen LogP contribution in [0.3, 0.4) is 0 Å². The number of esters is 2. The Morgan fingerprint density at radius 1 is 0.643 bits per heavy atom. The molecule has 0 heterocycles. The summed E-state index contributed by atoms with van der Waals surface area (Å²) in [6.45, 7) is 6.29. The quantitative estimate of drug-likeness (QED) is 0.0275. The van der Waals surface area contributed by atoms with Crippen molar-refractivity contribution in [3.05, 3.63) is 12.2 Å². The molecule has 0 aliphatic heterocycles. The molecule has 0 aromatic rings. The number of hydrogen-bond donors (Lipinski definition) is 4. The molecule has 0 amide bonds. The fourth-order valence-electron chi connectivity index (χ4n) is 8.16. The lowest BCUT2D eigenvalue weighted by molar-refractivity contribution is -0.161. The third kappa shape index (κ3) is 28.8. The molecular formula is C48H90O8. The van der Waals surface area contributed by atoms with Crippen LogP contribution in [0.2, 0.25) is 0 Å². The Morgan fingerprint density at radius 2 is 1.12 bits per heavy atom. The van der Waals surface area contributed by atoms with Crippen LogP contribution in [-0.4, -0.2) is 70.0 Å². The Morgan fingerprint density at radius 3 is 1.64 bits per heavy atom. The summed E-state index contributed by atoms with van der Waals surface area (Å²) in [5.74, 6) is -0.00507. The molecule has 1 saturated carbocycles. The minimum Gasteiger partial charge on any atom is -0.462 e. The number of aliphatic hydroxyl groups excluding tert-OH is 4. The summed E-state index contributed by atoms with van der Waals surface area (Å²) in [4.78, 5) is 24.6. The van der Waals surface area contributed by atoms with E-state index in [1.54, 1.807) is 6.08 Å². The molecule has 4 N–H and O–H groups in total. The molecule has 56 heavy (non-hydrogen) atoms. The summed E-state index contributed by atoms with van der Waals surface area (Å²) in [6, 6.07) is 0. The number of unbranched alkanes of at least 4 members (excludes halogenated alkanes) is 22. The van der Waals surface area contributed by atoms with E-state index >= 15 is 0 Å². The molecule has 8 nitrogen and oxygen atoms in total. The van der Waals surface area contributed by atoms with E-state index in [0.717, 1.165) is 70.1 Å². The van der Waals surface area contributed by atoms with Crippen molar-refractivity contribution >= 4 is 11.9 Å². The van der Waals surface area contributed by atoms with Crippen LogP contribution in [0.4, 0.5) is 0 Å². The lowest BCUT2D eigenvalue weighted by atomic mass is 9.88. The number of carbonyl (C=O) groups is 2. The van der Waals surface area contributed by atoms with Crippen LogP contribution in [0.15, 0.2) is 12.2 Å². The molecule has 330 valence electrons. The van der Waals surface area contributed by atoms with Gasteiger partial charge in [0.05, 0.1) is 24.9 Å². The van der Waals surface area contributed by atoms with Gasteiger partial charge >= 0.3 is 11.9 Å². The van der Waals surface area contributed by atoms with Gasteiger partial charge in [-0.1, -0.05) is 193 Å². The molecule has 0 bridgehead atoms. The Hall–Kier alpha value is -1.48. The lowest BCUT2D eigenvalue weighted by Crippen LogP contribution is -2.28. The van der Waals surface area contributed by atoms with E-state index in [1.807, 2.05) is 6.08 Å². The van der Waals surface area contributed by atoms with Gasteiger partial charge in [0.1, 0.15) is 6.61 Å². The minimum absolute atomic E-state index is 0.0370. The van der Waals surface area contributed by atoms with Gasteiger partial charge in [-0.3, -0.25) is 9.59 Å². The van der Waals surface area contributed by atoms with Crippen LogP contribution < -0.4 is 0 Å². The van der Waals surface area contributed by atoms with E-state index in [2.05, 4.69) is 20.8 Å².